The molecule has 0 aliphatic heterocycles. The van der Waals surface area contributed by atoms with Crippen LogP contribution in [0.1, 0.15) is 52.5 Å². The van der Waals surface area contributed by atoms with Crippen molar-refractivity contribution in [3.05, 3.63) is 76.1 Å². The summed E-state index contributed by atoms with van der Waals surface area (Å²) >= 11 is 3.54. The van der Waals surface area contributed by atoms with Gasteiger partial charge in [-0.2, -0.15) is 0 Å². The van der Waals surface area contributed by atoms with Crippen LogP contribution in [0.2, 0.25) is 0 Å². The molecule has 0 spiro atoms. The Morgan fingerprint density at radius 1 is 1.14 bits per heavy atom. The largest absolute Gasteiger partial charge is 0.511 e. The molecule has 0 amide bonds. The van der Waals surface area contributed by atoms with E-state index in [9.17, 15) is 14.7 Å². The SMILES string of the molecule is CC(C)CC(=Nc1ccc(COC(=O)Cn2cc(Br)c3ccccc32)cc1)C1=C(O)CC(C)(C)CC1=O. The van der Waals surface area contributed by atoms with E-state index in [2.05, 4.69) is 29.8 Å². The summed E-state index contributed by atoms with van der Waals surface area (Å²) in [7, 11) is 0. The molecule has 0 saturated carbocycles. The van der Waals surface area contributed by atoms with Crippen molar-refractivity contribution >= 4 is 50.0 Å². The van der Waals surface area contributed by atoms with Crippen LogP contribution in [0.4, 0.5) is 5.69 Å². The molecule has 0 saturated heterocycles. The number of aliphatic imine (C=N–C) groups is 1. The van der Waals surface area contributed by atoms with Crippen LogP contribution in [0.3, 0.4) is 0 Å². The summed E-state index contributed by atoms with van der Waals surface area (Å²) in [6, 6.07) is 15.3. The highest BCUT2D eigenvalue weighted by Crippen LogP contribution is 2.37. The molecule has 1 N–H and O–H groups in total. The number of rotatable bonds is 8. The summed E-state index contributed by atoms with van der Waals surface area (Å²) in [4.78, 5) is 30.1. The standard InChI is InChI=1S/C30H33BrN2O4/c1-19(2)13-24(29-26(34)14-30(3,4)15-27(29)35)32-21-11-9-20(10-12-21)18-37-28(36)17-33-16-23(31)22-7-5-6-8-25(22)33/h5-12,16,19,34H,13-15,17-18H2,1-4H3. The Kier molecular flexibility index (Phi) is 8.02. The maximum atomic E-state index is 12.9. The number of aliphatic hydroxyl groups is 1. The maximum Gasteiger partial charge on any atom is 0.326 e. The third kappa shape index (κ3) is 6.58. The van der Waals surface area contributed by atoms with Gasteiger partial charge in [-0.3, -0.25) is 14.6 Å². The van der Waals surface area contributed by atoms with E-state index in [1.54, 1.807) is 0 Å². The fraction of sp³-hybridized carbons (Fsp3) is 0.367. The van der Waals surface area contributed by atoms with Crippen LogP contribution in [-0.4, -0.2) is 27.1 Å². The number of aliphatic hydroxyl groups excluding tert-OH is 1. The van der Waals surface area contributed by atoms with E-state index in [0.29, 0.717) is 36.2 Å². The van der Waals surface area contributed by atoms with Crippen molar-refractivity contribution in [1.29, 1.82) is 0 Å². The second-order valence-corrected chi connectivity index (χ2v) is 11.7. The molecule has 6 nitrogen and oxygen atoms in total. The van der Waals surface area contributed by atoms with Crippen LogP contribution >= 0.6 is 15.9 Å². The van der Waals surface area contributed by atoms with Gasteiger partial charge in [0.15, 0.2) is 5.78 Å². The first-order chi connectivity index (χ1) is 17.5. The normalized spacial score (nSPS) is 16.1. The van der Waals surface area contributed by atoms with Gasteiger partial charge >= 0.3 is 5.97 Å². The minimum Gasteiger partial charge on any atom is -0.511 e. The van der Waals surface area contributed by atoms with E-state index in [4.69, 9.17) is 9.73 Å². The second-order valence-electron chi connectivity index (χ2n) is 10.9. The van der Waals surface area contributed by atoms with Gasteiger partial charge in [0.1, 0.15) is 18.9 Å². The summed E-state index contributed by atoms with van der Waals surface area (Å²) in [5, 5.41) is 11.7. The van der Waals surface area contributed by atoms with E-state index in [1.807, 2.05) is 73.1 Å². The third-order valence-corrected chi connectivity index (χ3v) is 7.01. The summed E-state index contributed by atoms with van der Waals surface area (Å²) in [6.45, 7) is 8.39. The molecule has 0 bridgehead atoms. The molecular formula is C30H33BrN2O4. The first-order valence-electron chi connectivity index (χ1n) is 12.5. The Labute approximate surface area is 226 Å². The Morgan fingerprint density at radius 3 is 2.51 bits per heavy atom. The highest BCUT2D eigenvalue weighted by Gasteiger charge is 2.35. The molecule has 1 aliphatic rings. The summed E-state index contributed by atoms with van der Waals surface area (Å²) in [5.41, 5.74) is 3.23. The number of benzene rings is 2. The number of para-hydroxylation sites is 1. The highest BCUT2D eigenvalue weighted by atomic mass is 79.9. The number of Topliss-reactive ketones (excluding diaryl/α,β-unsaturated/α-hetero) is 1. The van der Waals surface area contributed by atoms with Crippen LogP contribution in [0, 0.1) is 11.3 Å². The summed E-state index contributed by atoms with van der Waals surface area (Å²) in [5.74, 6) is 0.0279. The van der Waals surface area contributed by atoms with Crippen molar-refractivity contribution in [2.45, 2.75) is 60.1 Å². The number of nitrogens with zero attached hydrogens (tertiary/aromatic N) is 2. The number of allylic oxidation sites excluding steroid dienone is 2. The van der Waals surface area contributed by atoms with Gasteiger partial charge in [0.2, 0.25) is 0 Å². The minimum absolute atomic E-state index is 0.0563. The number of hydrogen-bond acceptors (Lipinski definition) is 5. The Bertz CT molecular complexity index is 1380. The molecule has 1 heterocycles. The van der Waals surface area contributed by atoms with Crippen molar-refractivity contribution in [2.75, 3.05) is 0 Å². The van der Waals surface area contributed by atoms with Crippen LogP contribution in [0.15, 0.2) is 75.5 Å². The van der Waals surface area contributed by atoms with Gasteiger partial charge in [-0.25, -0.2) is 0 Å². The van der Waals surface area contributed by atoms with Crippen LogP contribution in [0.5, 0.6) is 0 Å². The van der Waals surface area contributed by atoms with Crippen molar-refractivity contribution < 1.29 is 19.4 Å². The molecule has 2 aromatic carbocycles. The maximum absolute atomic E-state index is 12.9. The summed E-state index contributed by atoms with van der Waals surface area (Å²) < 4.78 is 8.32. The van der Waals surface area contributed by atoms with Crippen molar-refractivity contribution in [1.82, 2.24) is 4.57 Å². The molecule has 4 rings (SSSR count). The number of halogens is 1. The fourth-order valence-electron chi connectivity index (χ4n) is 4.71. The minimum atomic E-state index is -0.323. The number of ketones is 1. The van der Waals surface area contributed by atoms with E-state index < -0.39 is 0 Å². The van der Waals surface area contributed by atoms with Crippen molar-refractivity contribution in [2.24, 2.45) is 16.3 Å². The molecule has 3 aromatic rings. The average molecular weight is 566 g/mol. The molecule has 0 unspecified atom stereocenters. The van der Waals surface area contributed by atoms with Crippen molar-refractivity contribution in [3.63, 3.8) is 0 Å². The number of aromatic nitrogens is 1. The Morgan fingerprint density at radius 2 is 1.84 bits per heavy atom. The van der Waals surface area contributed by atoms with Gasteiger partial charge in [-0.1, -0.05) is 58.0 Å². The highest BCUT2D eigenvalue weighted by molar-refractivity contribution is 9.10. The Hall–Kier alpha value is -3.19. The molecule has 1 aromatic heterocycles. The number of carbonyl (C=O) groups is 2. The summed E-state index contributed by atoms with van der Waals surface area (Å²) in [6.07, 6.45) is 3.34. The monoisotopic (exact) mass is 564 g/mol. The van der Waals surface area contributed by atoms with Gasteiger partial charge < -0.3 is 14.4 Å². The lowest BCUT2D eigenvalue weighted by atomic mass is 9.75. The van der Waals surface area contributed by atoms with E-state index >= 15 is 0 Å². The van der Waals surface area contributed by atoms with Gasteiger partial charge in [0, 0.05) is 34.4 Å². The quantitative estimate of drug-likeness (QED) is 0.227. The average Bonchev–Trinajstić information content (AvgIpc) is 3.12. The van der Waals surface area contributed by atoms with Crippen LogP contribution in [-0.2, 0) is 27.5 Å². The number of ether oxygens (including phenoxy) is 1. The lowest BCUT2D eigenvalue weighted by molar-refractivity contribution is -0.145. The van der Waals surface area contributed by atoms with Gasteiger partial charge in [-0.05, 0) is 57.4 Å². The lowest BCUT2D eigenvalue weighted by Gasteiger charge is -2.30. The molecular weight excluding hydrogens is 532 g/mol. The molecule has 7 heteroatoms. The van der Waals surface area contributed by atoms with E-state index in [-0.39, 0.29) is 42.0 Å². The molecule has 0 radical (unpaired) electrons. The first kappa shape index (κ1) is 26.9. The number of hydrogen-bond donors (Lipinski definition) is 1. The molecule has 1 aliphatic carbocycles. The van der Waals surface area contributed by atoms with Gasteiger partial charge in [0.25, 0.3) is 0 Å². The fourth-order valence-corrected chi connectivity index (χ4v) is 5.29. The predicted molar refractivity (Wildman–Crippen MR) is 150 cm³/mol. The third-order valence-electron chi connectivity index (χ3n) is 6.38. The van der Waals surface area contributed by atoms with E-state index in [1.165, 1.54) is 0 Å². The zero-order chi connectivity index (χ0) is 26.7. The molecule has 37 heavy (non-hydrogen) atoms. The smallest absolute Gasteiger partial charge is 0.326 e. The molecule has 0 fully saturated rings. The predicted octanol–water partition coefficient (Wildman–Crippen LogP) is 7.47. The lowest BCUT2D eigenvalue weighted by Crippen LogP contribution is -2.29. The first-order valence-corrected chi connectivity index (χ1v) is 13.3. The van der Waals surface area contributed by atoms with Crippen molar-refractivity contribution in [3.8, 4) is 0 Å². The van der Waals surface area contributed by atoms with Crippen LogP contribution < -0.4 is 0 Å². The number of esters is 1. The second kappa shape index (κ2) is 11.1. The Balaban J connectivity index is 1.44. The van der Waals surface area contributed by atoms with Crippen LogP contribution in [0.25, 0.3) is 10.9 Å². The van der Waals surface area contributed by atoms with Gasteiger partial charge in [-0.15, -0.1) is 0 Å². The number of fused-ring (bicyclic) bond motifs is 1. The van der Waals surface area contributed by atoms with Gasteiger partial charge in [0.05, 0.1) is 17.0 Å². The van der Waals surface area contributed by atoms with E-state index in [0.717, 1.165) is 20.9 Å². The number of carbonyl (C=O) groups excluding carboxylic acids is 2. The zero-order valence-corrected chi connectivity index (χ0v) is 23.3. The topological polar surface area (TPSA) is 80.9 Å². The molecule has 0 atom stereocenters. The zero-order valence-electron chi connectivity index (χ0n) is 21.8. The molecule has 194 valence electrons.